The molecule has 0 atom stereocenters. The SMILES string of the molecule is CCCCc1ncc(CN2CCC(O)(c3ccc4nc(C)ccc4c3)CC2)[nH]1. The van der Waals surface area contributed by atoms with Crippen LogP contribution in [0.1, 0.15) is 55.4 Å². The number of piperidine rings is 1. The van der Waals surface area contributed by atoms with Crippen LogP contribution >= 0.6 is 0 Å². The number of hydrogen-bond donors (Lipinski definition) is 2. The highest BCUT2D eigenvalue weighted by Crippen LogP contribution is 2.34. The van der Waals surface area contributed by atoms with Crippen molar-refractivity contribution in [3.8, 4) is 0 Å². The maximum absolute atomic E-state index is 11.3. The summed E-state index contributed by atoms with van der Waals surface area (Å²) in [6, 6.07) is 10.3. The van der Waals surface area contributed by atoms with E-state index in [1.807, 2.05) is 31.3 Å². The molecule has 3 heterocycles. The fourth-order valence-electron chi connectivity index (χ4n) is 4.08. The van der Waals surface area contributed by atoms with Crippen LogP contribution in [0.2, 0.25) is 0 Å². The number of fused-ring (bicyclic) bond motifs is 1. The zero-order valence-electron chi connectivity index (χ0n) is 16.9. The summed E-state index contributed by atoms with van der Waals surface area (Å²) in [5, 5.41) is 12.4. The van der Waals surface area contributed by atoms with E-state index in [2.05, 4.69) is 38.9 Å². The fraction of sp³-hybridized carbons (Fsp3) is 0.478. The second-order valence-electron chi connectivity index (χ2n) is 8.13. The molecule has 0 aliphatic carbocycles. The van der Waals surface area contributed by atoms with Gasteiger partial charge in [-0.05, 0) is 49.9 Å². The Balaban J connectivity index is 1.40. The first-order valence-corrected chi connectivity index (χ1v) is 10.4. The van der Waals surface area contributed by atoms with Crippen LogP contribution in [0.5, 0.6) is 0 Å². The van der Waals surface area contributed by atoms with Gasteiger partial charge in [0.05, 0.1) is 11.1 Å². The Morgan fingerprint density at radius 1 is 1.18 bits per heavy atom. The summed E-state index contributed by atoms with van der Waals surface area (Å²) < 4.78 is 0. The number of aromatic nitrogens is 3. The lowest BCUT2D eigenvalue weighted by atomic mass is 9.84. The second-order valence-corrected chi connectivity index (χ2v) is 8.13. The van der Waals surface area contributed by atoms with Gasteiger partial charge in [-0.1, -0.05) is 25.5 Å². The number of nitrogens with one attached hydrogen (secondary N) is 1. The number of benzene rings is 1. The van der Waals surface area contributed by atoms with Crippen molar-refractivity contribution < 1.29 is 5.11 Å². The van der Waals surface area contributed by atoms with Crippen molar-refractivity contribution in [2.24, 2.45) is 0 Å². The van der Waals surface area contributed by atoms with E-state index >= 15 is 0 Å². The van der Waals surface area contributed by atoms with E-state index in [1.54, 1.807) is 0 Å². The topological polar surface area (TPSA) is 65.0 Å². The first-order chi connectivity index (χ1) is 13.6. The van der Waals surface area contributed by atoms with Crippen LogP contribution in [-0.4, -0.2) is 38.0 Å². The zero-order valence-corrected chi connectivity index (χ0v) is 16.9. The molecule has 2 aromatic heterocycles. The molecule has 1 aromatic carbocycles. The summed E-state index contributed by atoms with van der Waals surface area (Å²) >= 11 is 0. The first-order valence-electron chi connectivity index (χ1n) is 10.4. The van der Waals surface area contributed by atoms with E-state index in [1.165, 1.54) is 18.5 Å². The summed E-state index contributed by atoms with van der Waals surface area (Å²) in [7, 11) is 0. The number of rotatable bonds is 6. The molecular formula is C23H30N4O. The van der Waals surface area contributed by atoms with Crippen molar-refractivity contribution in [1.82, 2.24) is 19.9 Å². The highest BCUT2D eigenvalue weighted by molar-refractivity contribution is 5.79. The maximum atomic E-state index is 11.3. The lowest BCUT2D eigenvalue weighted by Gasteiger charge is -2.38. The van der Waals surface area contributed by atoms with E-state index in [9.17, 15) is 5.11 Å². The number of likely N-dealkylation sites (tertiary alicyclic amines) is 1. The molecule has 28 heavy (non-hydrogen) atoms. The van der Waals surface area contributed by atoms with Crippen LogP contribution < -0.4 is 0 Å². The molecule has 0 radical (unpaired) electrons. The number of nitrogens with zero attached hydrogens (tertiary/aromatic N) is 3. The average molecular weight is 379 g/mol. The minimum Gasteiger partial charge on any atom is -0.385 e. The van der Waals surface area contributed by atoms with Gasteiger partial charge in [0.25, 0.3) is 0 Å². The van der Waals surface area contributed by atoms with Gasteiger partial charge in [-0.2, -0.15) is 0 Å². The van der Waals surface area contributed by atoms with Gasteiger partial charge in [-0.3, -0.25) is 9.88 Å². The minimum atomic E-state index is -0.754. The molecule has 1 aliphatic heterocycles. The standard InChI is InChI=1S/C23H30N4O/c1-3-4-5-22-24-15-20(26-22)16-27-12-10-23(28,11-13-27)19-8-9-21-18(14-19)7-6-17(2)25-21/h6-9,14-15,28H,3-5,10-13,16H2,1-2H3,(H,24,26). The van der Waals surface area contributed by atoms with E-state index in [0.717, 1.165) is 66.9 Å². The van der Waals surface area contributed by atoms with Crippen molar-refractivity contribution in [3.63, 3.8) is 0 Å². The Hall–Kier alpha value is -2.24. The minimum absolute atomic E-state index is 0.745. The number of hydrogen-bond acceptors (Lipinski definition) is 4. The Morgan fingerprint density at radius 2 is 2.00 bits per heavy atom. The van der Waals surface area contributed by atoms with Gasteiger partial charge >= 0.3 is 0 Å². The Labute approximate surface area is 166 Å². The van der Waals surface area contributed by atoms with E-state index in [4.69, 9.17) is 0 Å². The summed E-state index contributed by atoms with van der Waals surface area (Å²) in [5.74, 6) is 1.09. The van der Waals surface area contributed by atoms with Crippen molar-refractivity contribution >= 4 is 10.9 Å². The van der Waals surface area contributed by atoms with E-state index < -0.39 is 5.60 Å². The predicted molar refractivity (Wildman–Crippen MR) is 112 cm³/mol. The number of aryl methyl sites for hydroxylation is 2. The first kappa shape index (κ1) is 19.1. The van der Waals surface area contributed by atoms with Crippen LogP contribution in [0.3, 0.4) is 0 Å². The molecule has 148 valence electrons. The van der Waals surface area contributed by atoms with Crippen molar-refractivity contribution in [3.05, 3.63) is 59.3 Å². The molecule has 1 aliphatic rings. The third kappa shape index (κ3) is 4.10. The van der Waals surface area contributed by atoms with Crippen molar-refractivity contribution in [2.45, 2.75) is 58.1 Å². The molecule has 4 rings (SSSR count). The normalized spacial score (nSPS) is 17.2. The monoisotopic (exact) mass is 378 g/mol. The molecule has 1 saturated heterocycles. The quantitative estimate of drug-likeness (QED) is 0.678. The lowest BCUT2D eigenvalue weighted by molar-refractivity contribution is -0.0278. The van der Waals surface area contributed by atoms with Gasteiger partial charge in [-0.15, -0.1) is 0 Å². The van der Waals surface area contributed by atoms with Crippen LogP contribution in [-0.2, 0) is 18.6 Å². The largest absolute Gasteiger partial charge is 0.385 e. The molecule has 2 N–H and O–H groups in total. The molecule has 0 saturated carbocycles. The molecule has 0 spiro atoms. The van der Waals surface area contributed by atoms with Crippen LogP contribution in [0, 0.1) is 6.92 Å². The van der Waals surface area contributed by atoms with E-state index in [-0.39, 0.29) is 0 Å². The molecule has 0 unspecified atom stereocenters. The number of imidazole rings is 1. The van der Waals surface area contributed by atoms with Gasteiger partial charge < -0.3 is 10.1 Å². The lowest BCUT2D eigenvalue weighted by Crippen LogP contribution is -2.42. The fourth-order valence-corrected chi connectivity index (χ4v) is 4.08. The summed E-state index contributed by atoms with van der Waals surface area (Å²) in [5.41, 5.74) is 3.43. The number of unbranched alkanes of at least 4 members (excludes halogenated alkanes) is 1. The average Bonchev–Trinajstić information content (AvgIpc) is 3.15. The number of H-pyrrole nitrogens is 1. The Bertz CT molecular complexity index is 941. The van der Waals surface area contributed by atoms with Crippen LogP contribution in [0.4, 0.5) is 0 Å². The summed E-state index contributed by atoms with van der Waals surface area (Å²) in [6.07, 6.45) is 6.83. The van der Waals surface area contributed by atoms with Gasteiger partial charge in [0.2, 0.25) is 0 Å². The van der Waals surface area contributed by atoms with E-state index in [0.29, 0.717) is 0 Å². The van der Waals surface area contributed by atoms with Crippen LogP contribution in [0.25, 0.3) is 10.9 Å². The third-order valence-electron chi connectivity index (χ3n) is 5.89. The second kappa shape index (κ2) is 8.02. The zero-order chi connectivity index (χ0) is 19.6. The van der Waals surface area contributed by atoms with Gasteiger partial charge in [0.1, 0.15) is 5.82 Å². The summed E-state index contributed by atoms with van der Waals surface area (Å²) in [4.78, 5) is 14.9. The van der Waals surface area contributed by atoms with Crippen molar-refractivity contribution in [2.75, 3.05) is 13.1 Å². The molecule has 1 fully saturated rings. The molecule has 5 heteroatoms. The molecule has 0 bridgehead atoms. The van der Waals surface area contributed by atoms with Gasteiger partial charge in [-0.25, -0.2) is 4.98 Å². The number of aromatic amines is 1. The Morgan fingerprint density at radius 3 is 2.79 bits per heavy atom. The smallest absolute Gasteiger partial charge is 0.106 e. The highest BCUT2D eigenvalue weighted by Gasteiger charge is 2.34. The van der Waals surface area contributed by atoms with Gasteiger partial charge in [0, 0.05) is 49.0 Å². The molecule has 5 nitrogen and oxygen atoms in total. The maximum Gasteiger partial charge on any atom is 0.106 e. The summed E-state index contributed by atoms with van der Waals surface area (Å²) in [6.45, 7) is 6.83. The molecular weight excluding hydrogens is 348 g/mol. The highest BCUT2D eigenvalue weighted by atomic mass is 16.3. The predicted octanol–water partition coefficient (Wildman–Crippen LogP) is 4.09. The Kier molecular flexibility index (Phi) is 5.47. The van der Waals surface area contributed by atoms with Crippen molar-refractivity contribution in [1.29, 1.82) is 0 Å². The van der Waals surface area contributed by atoms with Crippen LogP contribution in [0.15, 0.2) is 36.5 Å². The third-order valence-corrected chi connectivity index (χ3v) is 5.89. The number of pyridine rings is 1. The van der Waals surface area contributed by atoms with Gasteiger partial charge in [0.15, 0.2) is 0 Å². The number of aliphatic hydroxyl groups is 1. The molecule has 0 amide bonds. The molecule has 3 aromatic rings.